The van der Waals surface area contributed by atoms with Crippen LogP contribution in [-0.4, -0.2) is 34.0 Å². The van der Waals surface area contributed by atoms with Gasteiger partial charge in [0.05, 0.1) is 17.1 Å². The van der Waals surface area contributed by atoms with Crippen molar-refractivity contribution in [3.63, 3.8) is 0 Å². The van der Waals surface area contributed by atoms with Gasteiger partial charge in [0.15, 0.2) is 0 Å². The van der Waals surface area contributed by atoms with Crippen LogP contribution in [0, 0.1) is 13.8 Å². The Hall–Kier alpha value is -2.90. The number of sulfonamides is 1. The number of H-pyrrole nitrogens is 1. The van der Waals surface area contributed by atoms with E-state index in [9.17, 15) is 8.42 Å². The van der Waals surface area contributed by atoms with E-state index in [1.165, 1.54) is 0 Å². The zero-order chi connectivity index (χ0) is 22.0. The van der Waals surface area contributed by atoms with Gasteiger partial charge in [0, 0.05) is 36.4 Å². The van der Waals surface area contributed by atoms with Crippen LogP contribution in [0.25, 0.3) is 10.9 Å². The summed E-state index contributed by atoms with van der Waals surface area (Å²) in [4.78, 5) is 3.64. The van der Waals surface area contributed by atoms with Crippen molar-refractivity contribution in [1.29, 1.82) is 0 Å². The maximum absolute atomic E-state index is 13.7. The van der Waals surface area contributed by atoms with Gasteiger partial charge in [-0.2, -0.15) is 9.40 Å². The highest BCUT2D eigenvalue weighted by atomic mass is 32.2. The summed E-state index contributed by atoms with van der Waals surface area (Å²) in [6.07, 6.45) is 4.47. The van der Waals surface area contributed by atoms with E-state index in [0.29, 0.717) is 17.9 Å². The molecule has 0 aliphatic heterocycles. The highest BCUT2D eigenvalue weighted by Crippen LogP contribution is 2.24. The molecule has 0 atom stereocenters. The molecule has 2 aromatic carbocycles. The van der Waals surface area contributed by atoms with Gasteiger partial charge < -0.3 is 4.98 Å². The van der Waals surface area contributed by atoms with Gasteiger partial charge in [-0.3, -0.25) is 4.68 Å². The van der Waals surface area contributed by atoms with Gasteiger partial charge in [-0.25, -0.2) is 8.42 Å². The van der Waals surface area contributed by atoms with Crippen LogP contribution >= 0.6 is 0 Å². The lowest BCUT2D eigenvalue weighted by molar-refractivity contribution is 0.403. The molecular formula is C24H28N4O2S. The topological polar surface area (TPSA) is 71.0 Å². The van der Waals surface area contributed by atoms with Crippen LogP contribution in [-0.2, 0) is 29.5 Å². The number of nitrogens with zero attached hydrogens (tertiary/aromatic N) is 3. The summed E-state index contributed by atoms with van der Waals surface area (Å²) in [6.45, 7) is 7.13. The molecule has 1 N–H and O–H groups in total. The van der Waals surface area contributed by atoms with Crippen LogP contribution in [0.5, 0.6) is 0 Å². The lowest BCUT2D eigenvalue weighted by Crippen LogP contribution is -2.33. The molecule has 2 heterocycles. The van der Waals surface area contributed by atoms with Crippen LogP contribution in [0.4, 0.5) is 0 Å². The van der Waals surface area contributed by atoms with Gasteiger partial charge in [-0.1, -0.05) is 30.3 Å². The lowest BCUT2D eigenvalue weighted by atomic mass is 10.1. The van der Waals surface area contributed by atoms with Crippen LogP contribution in [0.3, 0.4) is 0 Å². The second kappa shape index (κ2) is 8.69. The molecule has 0 spiro atoms. The smallest absolute Gasteiger partial charge is 0.243 e. The zero-order valence-corrected chi connectivity index (χ0v) is 19.0. The monoisotopic (exact) mass is 436 g/mol. The van der Waals surface area contributed by atoms with E-state index in [0.717, 1.165) is 39.8 Å². The van der Waals surface area contributed by atoms with Gasteiger partial charge in [-0.15, -0.1) is 0 Å². The van der Waals surface area contributed by atoms with Crippen LogP contribution < -0.4 is 0 Å². The Morgan fingerprint density at radius 3 is 2.68 bits per heavy atom. The standard InChI is InChI=1S/C24H28N4O2S/c1-4-27-13-12-21(26-27)17-28(31(29,30)24-15-18(2)9-10-19(24)3)14-11-20-16-25-23-8-6-5-7-22(20)23/h5-10,12-13,15-16,25H,4,11,14,17H2,1-3H3. The molecule has 0 aliphatic carbocycles. The number of rotatable bonds is 8. The van der Waals surface area contributed by atoms with E-state index in [-0.39, 0.29) is 6.54 Å². The minimum absolute atomic E-state index is 0.241. The zero-order valence-electron chi connectivity index (χ0n) is 18.2. The fourth-order valence-corrected chi connectivity index (χ4v) is 5.56. The number of hydrogen-bond acceptors (Lipinski definition) is 3. The minimum atomic E-state index is -3.68. The Kier molecular flexibility index (Phi) is 5.98. The predicted molar refractivity (Wildman–Crippen MR) is 123 cm³/mol. The van der Waals surface area contributed by atoms with Crippen molar-refractivity contribution < 1.29 is 8.42 Å². The first kappa shape index (κ1) is 21.3. The molecule has 4 aromatic rings. The summed E-state index contributed by atoms with van der Waals surface area (Å²) in [5.41, 5.74) is 4.59. The Bertz CT molecular complexity index is 1300. The molecule has 0 unspecified atom stereocenters. The van der Waals surface area contributed by atoms with Crippen molar-refractivity contribution in [2.75, 3.05) is 6.54 Å². The number of aromatic nitrogens is 3. The Balaban J connectivity index is 1.67. The highest BCUT2D eigenvalue weighted by molar-refractivity contribution is 7.89. The third-order valence-electron chi connectivity index (χ3n) is 5.63. The van der Waals surface area contributed by atoms with Gasteiger partial charge in [0.1, 0.15) is 0 Å². The van der Waals surface area contributed by atoms with Gasteiger partial charge >= 0.3 is 0 Å². The first-order valence-electron chi connectivity index (χ1n) is 10.5. The lowest BCUT2D eigenvalue weighted by Gasteiger charge is -2.23. The summed E-state index contributed by atoms with van der Waals surface area (Å²) in [7, 11) is -3.68. The molecule has 162 valence electrons. The summed E-state index contributed by atoms with van der Waals surface area (Å²) in [5.74, 6) is 0. The van der Waals surface area contributed by atoms with Crippen LogP contribution in [0.15, 0.2) is 65.8 Å². The number of nitrogens with one attached hydrogen (secondary N) is 1. The number of fused-ring (bicyclic) bond motifs is 1. The molecule has 0 aliphatic rings. The molecule has 0 saturated carbocycles. The molecule has 0 saturated heterocycles. The Morgan fingerprint density at radius 1 is 1.10 bits per heavy atom. The fourth-order valence-electron chi connectivity index (χ4n) is 3.84. The average Bonchev–Trinajstić information content (AvgIpc) is 3.39. The molecule has 0 radical (unpaired) electrons. The maximum atomic E-state index is 13.7. The fraction of sp³-hybridized carbons (Fsp3) is 0.292. The van der Waals surface area contributed by atoms with Crippen molar-refractivity contribution in [3.8, 4) is 0 Å². The van der Waals surface area contributed by atoms with Crippen molar-refractivity contribution in [3.05, 3.63) is 83.3 Å². The molecule has 0 fully saturated rings. The summed E-state index contributed by atoms with van der Waals surface area (Å²) in [6, 6.07) is 15.5. The van der Waals surface area contributed by atoms with Gasteiger partial charge in [0.2, 0.25) is 10.0 Å². The maximum Gasteiger partial charge on any atom is 0.243 e. The predicted octanol–water partition coefficient (Wildman–Crippen LogP) is 4.43. The molecular weight excluding hydrogens is 408 g/mol. The van der Waals surface area contributed by atoms with E-state index < -0.39 is 10.0 Å². The average molecular weight is 437 g/mol. The summed E-state index contributed by atoms with van der Waals surface area (Å²) < 4.78 is 30.8. The molecule has 0 amide bonds. The molecule has 7 heteroatoms. The van der Waals surface area contributed by atoms with Crippen molar-refractivity contribution in [1.82, 2.24) is 19.1 Å². The Morgan fingerprint density at radius 2 is 1.90 bits per heavy atom. The van der Waals surface area contributed by atoms with Crippen molar-refractivity contribution in [2.45, 2.75) is 45.2 Å². The number of benzene rings is 2. The number of aryl methyl sites for hydroxylation is 3. The van der Waals surface area contributed by atoms with E-state index in [2.05, 4.69) is 16.1 Å². The Labute approximate surface area is 183 Å². The van der Waals surface area contributed by atoms with Crippen LogP contribution in [0.2, 0.25) is 0 Å². The first-order valence-corrected chi connectivity index (χ1v) is 12.0. The normalized spacial score (nSPS) is 12.1. The molecule has 2 aromatic heterocycles. The van der Waals surface area contributed by atoms with Crippen LogP contribution in [0.1, 0.15) is 29.3 Å². The first-order chi connectivity index (χ1) is 14.9. The molecule has 4 rings (SSSR count). The molecule has 6 nitrogen and oxygen atoms in total. The third-order valence-corrected chi connectivity index (χ3v) is 7.61. The SMILES string of the molecule is CCn1ccc(CN(CCc2c[nH]c3ccccc23)S(=O)(=O)c2cc(C)ccc2C)n1. The number of hydrogen-bond donors (Lipinski definition) is 1. The van der Waals surface area contributed by atoms with E-state index in [1.54, 1.807) is 10.4 Å². The van der Waals surface area contributed by atoms with Crippen molar-refractivity contribution >= 4 is 20.9 Å². The third kappa shape index (κ3) is 4.43. The molecule has 31 heavy (non-hydrogen) atoms. The number of aromatic amines is 1. The summed E-state index contributed by atoms with van der Waals surface area (Å²) in [5, 5.41) is 5.64. The summed E-state index contributed by atoms with van der Waals surface area (Å²) >= 11 is 0. The number of para-hydroxylation sites is 1. The molecule has 0 bridgehead atoms. The quantitative estimate of drug-likeness (QED) is 0.444. The van der Waals surface area contributed by atoms with E-state index in [1.807, 2.05) is 74.2 Å². The van der Waals surface area contributed by atoms with Crippen molar-refractivity contribution in [2.24, 2.45) is 0 Å². The second-order valence-corrected chi connectivity index (χ2v) is 9.79. The second-order valence-electron chi connectivity index (χ2n) is 7.88. The van der Waals surface area contributed by atoms with E-state index >= 15 is 0 Å². The van der Waals surface area contributed by atoms with Gasteiger partial charge in [-0.05, 0) is 62.1 Å². The highest BCUT2D eigenvalue weighted by Gasteiger charge is 2.27. The largest absolute Gasteiger partial charge is 0.361 e. The van der Waals surface area contributed by atoms with Gasteiger partial charge in [0.25, 0.3) is 0 Å². The van der Waals surface area contributed by atoms with E-state index in [4.69, 9.17) is 0 Å². The minimum Gasteiger partial charge on any atom is -0.361 e.